The predicted octanol–water partition coefficient (Wildman–Crippen LogP) is 4.45. The summed E-state index contributed by atoms with van der Waals surface area (Å²) in [6.45, 7) is 0. The van der Waals surface area contributed by atoms with Gasteiger partial charge < -0.3 is 4.52 Å². The number of amides is 1. The lowest BCUT2D eigenvalue weighted by atomic mass is 9.83. The number of nitriles is 2. The Morgan fingerprint density at radius 2 is 1.97 bits per heavy atom. The molecule has 1 aromatic heterocycles. The molecule has 0 aliphatic heterocycles. The molecule has 2 aliphatic rings. The highest BCUT2D eigenvalue weighted by molar-refractivity contribution is 5.95. The molecule has 1 heterocycles. The number of nitrogens with zero attached hydrogens (tertiary/aromatic N) is 3. The molecular formula is C21H18F2N4O2. The number of rotatable bonds is 5. The Labute approximate surface area is 166 Å². The van der Waals surface area contributed by atoms with E-state index in [1.807, 2.05) is 12.1 Å². The summed E-state index contributed by atoms with van der Waals surface area (Å²) in [5.41, 5.74) is 1.50. The summed E-state index contributed by atoms with van der Waals surface area (Å²) in [5, 5.41) is 25.0. The first-order chi connectivity index (χ1) is 13.9. The van der Waals surface area contributed by atoms with Crippen LogP contribution in [0.4, 0.5) is 14.7 Å². The fourth-order valence-corrected chi connectivity index (χ4v) is 3.97. The van der Waals surface area contributed by atoms with E-state index in [4.69, 9.17) is 9.78 Å². The standard InChI is InChI=1S/C21H18F2N4O2/c22-21(23)6-5-14(9-21)19(13-3-4-15(10-24)16(7-13)11-25)20(28)26-18-8-17(27-29-18)12-1-2-12/h3-4,7-8,12,14,19H,1-2,5-6,9H2,(H,26,28)/t14-,19+/m1/s1. The average Bonchev–Trinajstić information content (AvgIpc) is 3.35. The third kappa shape index (κ3) is 3.97. The number of anilines is 1. The number of aromatic nitrogens is 1. The molecule has 2 atom stereocenters. The maximum atomic E-state index is 13.9. The van der Waals surface area contributed by atoms with Gasteiger partial charge in [-0.05, 0) is 42.9 Å². The minimum atomic E-state index is -2.82. The number of hydrogen-bond acceptors (Lipinski definition) is 5. The van der Waals surface area contributed by atoms with Crippen molar-refractivity contribution in [2.45, 2.75) is 49.9 Å². The van der Waals surface area contributed by atoms with E-state index in [1.165, 1.54) is 12.1 Å². The highest BCUT2D eigenvalue weighted by atomic mass is 19.3. The van der Waals surface area contributed by atoms with Gasteiger partial charge in [-0.2, -0.15) is 10.5 Å². The van der Waals surface area contributed by atoms with Crippen molar-refractivity contribution in [2.75, 3.05) is 5.32 Å². The smallest absolute Gasteiger partial charge is 0.248 e. The normalized spacial score (nSPS) is 21.2. The molecule has 2 saturated carbocycles. The van der Waals surface area contributed by atoms with Crippen LogP contribution in [0.1, 0.15) is 66.3 Å². The van der Waals surface area contributed by atoms with Crippen LogP contribution >= 0.6 is 0 Å². The molecule has 1 amide bonds. The second-order valence-electron chi connectivity index (χ2n) is 7.74. The van der Waals surface area contributed by atoms with Crippen LogP contribution < -0.4 is 5.32 Å². The van der Waals surface area contributed by atoms with Crippen LogP contribution in [0.25, 0.3) is 0 Å². The molecule has 0 bridgehead atoms. The lowest BCUT2D eigenvalue weighted by Crippen LogP contribution is -2.27. The minimum absolute atomic E-state index is 0.114. The van der Waals surface area contributed by atoms with Crippen LogP contribution in [0.2, 0.25) is 0 Å². The quantitative estimate of drug-likeness (QED) is 0.804. The van der Waals surface area contributed by atoms with E-state index in [0.717, 1.165) is 18.5 Å². The van der Waals surface area contributed by atoms with Crippen LogP contribution in [-0.4, -0.2) is 17.0 Å². The Kier molecular flexibility index (Phi) is 4.79. The molecule has 1 N–H and O–H groups in total. The molecule has 2 aliphatic carbocycles. The highest BCUT2D eigenvalue weighted by Crippen LogP contribution is 2.46. The van der Waals surface area contributed by atoms with Crippen LogP contribution in [-0.2, 0) is 4.79 Å². The molecule has 2 fully saturated rings. The van der Waals surface area contributed by atoms with Crippen molar-refractivity contribution >= 4 is 11.8 Å². The Balaban J connectivity index is 1.63. The second kappa shape index (κ2) is 7.29. The first-order valence-corrected chi connectivity index (χ1v) is 9.49. The molecule has 0 saturated heterocycles. The van der Waals surface area contributed by atoms with E-state index in [-0.39, 0.29) is 29.9 Å². The van der Waals surface area contributed by atoms with Gasteiger partial charge in [0.15, 0.2) is 0 Å². The first kappa shape index (κ1) is 19.1. The Morgan fingerprint density at radius 1 is 1.21 bits per heavy atom. The molecule has 8 heteroatoms. The molecular weight excluding hydrogens is 378 g/mol. The van der Waals surface area contributed by atoms with Crippen molar-refractivity contribution < 1.29 is 18.1 Å². The number of carbonyl (C=O) groups is 1. The van der Waals surface area contributed by atoms with Crippen molar-refractivity contribution in [1.29, 1.82) is 10.5 Å². The number of halogens is 2. The van der Waals surface area contributed by atoms with Gasteiger partial charge in [-0.25, -0.2) is 8.78 Å². The molecule has 2 aromatic rings. The zero-order valence-corrected chi connectivity index (χ0v) is 15.5. The van der Waals surface area contributed by atoms with E-state index >= 15 is 0 Å². The van der Waals surface area contributed by atoms with Crippen molar-refractivity contribution in [2.24, 2.45) is 5.92 Å². The summed E-state index contributed by atoms with van der Waals surface area (Å²) in [7, 11) is 0. The molecule has 0 spiro atoms. The van der Waals surface area contributed by atoms with E-state index in [0.29, 0.717) is 11.5 Å². The largest absolute Gasteiger partial charge is 0.338 e. The first-order valence-electron chi connectivity index (χ1n) is 9.49. The average molecular weight is 396 g/mol. The van der Waals surface area contributed by atoms with Gasteiger partial charge in [0.25, 0.3) is 0 Å². The lowest BCUT2D eigenvalue weighted by Gasteiger charge is -2.23. The van der Waals surface area contributed by atoms with Crippen LogP contribution in [0.3, 0.4) is 0 Å². The third-order valence-corrected chi connectivity index (χ3v) is 5.61. The molecule has 6 nitrogen and oxygen atoms in total. The number of carbonyl (C=O) groups excluding carboxylic acids is 1. The van der Waals surface area contributed by atoms with Crippen molar-refractivity contribution in [3.63, 3.8) is 0 Å². The summed E-state index contributed by atoms with van der Waals surface area (Å²) in [4.78, 5) is 13.1. The summed E-state index contributed by atoms with van der Waals surface area (Å²) in [6, 6.07) is 9.95. The monoisotopic (exact) mass is 396 g/mol. The SMILES string of the molecule is N#Cc1ccc([C@H](C(=O)Nc2cc(C3CC3)no2)[C@@H]2CCC(F)(F)C2)cc1C#N. The second-order valence-corrected chi connectivity index (χ2v) is 7.74. The molecule has 0 radical (unpaired) electrons. The maximum Gasteiger partial charge on any atom is 0.248 e. The van der Waals surface area contributed by atoms with Gasteiger partial charge in [-0.3, -0.25) is 10.1 Å². The van der Waals surface area contributed by atoms with E-state index in [1.54, 1.807) is 12.1 Å². The topological polar surface area (TPSA) is 103 Å². The third-order valence-electron chi connectivity index (χ3n) is 5.61. The predicted molar refractivity (Wildman–Crippen MR) is 98.0 cm³/mol. The summed E-state index contributed by atoms with van der Waals surface area (Å²) < 4.78 is 32.9. The number of alkyl halides is 2. The van der Waals surface area contributed by atoms with Crippen LogP contribution in [0.5, 0.6) is 0 Å². The van der Waals surface area contributed by atoms with E-state index < -0.39 is 30.1 Å². The molecule has 0 unspecified atom stereocenters. The minimum Gasteiger partial charge on any atom is -0.338 e. The van der Waals surface area contributed by atoms with Gasteiger partial charge in [-0.15, -0.1) is 0 Å². The van der Waals surface area contributed by atoms with Crippen LogP contribution in [0.15, 0.2) is 28.8 Å². The number of benzene rings is 1. The van der Waals surface area contributed by atoms with Crippen molar-refractivity contribution in [3.8, 4) is 12.1 Å². The van der Waals surface area contributed by atoms with Crippen molar-refractivity contribution in [1.82, 2.24) is 5.16 Å². The maximum absolute atomic E-state index is 13.9. The van der Waals surface area contributed by atoms with Gasteiger partial charge in [0, 0.05) is 24.8 Å². The molecule has 148 valence electrons. The van der Waals surface area contributed by atoms with Gasteiger partial charge >= 0.3 is 0 Å². The Bertz CT molecular complexity index is 1030. The van der Waals surface area contributed by atoms with Crippen molar-refractivity contribution in [3.05, 3.63) is 46.6 Å². The van der Waals surface area contributed by atoms with Crippen LogP contribution in [0, 0.1) is 28.6 Å². The Hall–Kier alpha value is -3.26. The summed E-state index contributed by atoms with van der Waals surface area (Å²) >= 11 is 0. The highest BCUT2D eigenvalue weighted by Gasteiger charge is 2.45. The fourth-order valence-electron chi connectivity index (χ4n) is 3.97. The lowest BCUT2D eigenvalue weighted by molar-refractivity contribution is -0.119. The zero-order valence-electron chi connectivity index (χ0n) is 15.5. The summed E-state index contributed by atoms with van der Waals surface area (Å²) in [5.74, 6) is -4.25. The van der Waals surface area contributed by atoms with E-state index in [9.17, 15) is 18.8 Å². The molecule has 4 rings (SSSR count). The van der Waals surface area contributed by atoms with Gasteiger partial charge in [0.05, 0.1) is 22.7 Å². The molecule has 29 heavy (non-hydrogen) atoms. The van der Waals surface area contributed by atoms with Gasteiger partial charge in [0.1, 0.15) is 12.1 Å². The number of nitrogens with one attached hydrogen (secondary N) is 1. The zero-order chi connectivity index (χ0) is 20.6. The van der Waals surface area contributed by atoms with Gasteiger partial charge in [0.2, 0.25) is 17.7 Å². The number of hydrogen-bond donors (Lipinski definition) is 1. The van der Waals surface area contributed by atoms with E-state index in [2.05, 4.69) is 10.5 Å². The Morgan fingerprint density at radius 3 is 2.59 bits per heavy atom. The fraction of sp³-hybridized carbons (Fsp3) is 0.429. The molecule has 1 aromatic carbocycles. The summed E-state index contributed by atoms with van der Waals surface area (Å²) in [6.07, 6.45) is 1.56. The van der Waals surface area contributed by atoms with Gasteiger partial charge in [-0.1, -0.05) is 11.2 Å².